The molecule has 2 unspecified atom stereocenters. The molecule has 1 aliphatic heterocycles. The van der Waals surface area contributed by atoms with Crippen LogP contribution in [-0.2, 0) is 11.2 Å². The molecular formula is C19H17F2N3O2. The quantitative estimate of drug-likeness (QED) is 0.776. The second-order valence-corrected chi connectivity index (χ2v) is 6.25. The number of nitrogens with zero attached hydrogens (tertiary/aromatic N) is 2. The van der Waals surface area contributed by atoms with E-state index in [4.69, 9.17) is 4.74 Å². The van der Waals surface area contributed by atoms with E-state index in [2.05, 4.69) is 10.3 Å². The van der Waals surface area contributed by atoms with Crippen molar-refractivity contribution in [2.45, 2.75) is 32.0 Å². The topological polar surface area (TPSA) is 56.1 Å². The lowest BCUT2D eigenvalue weighted by Gasteiger charge is -2.18. The zero-order valence-corrected chi connectivity index (χ0v) is 14.0. The van der Waals surface area contributed by atoms with Gasteiger partial charge in [-0.1, -0.05) is 30.3 Å². The maximum Gasteiger partial charge on any atom is 0.320 e. The Hall–Kier alpha value is -2.96. The van der Waals surface area contributed by atoms with Gasteiger partial charge in [-0.25, -0.2) is 4.98 Å². The summed E-state index contributed by atoms with van der Waals surface area (Å²) in [7, 11) is 0. The van der Waals surface area contributed by atoms with Crippen molar-refractivity contribution >= 4 is 16.9 Å². The van der Waals surface area contributed by atoms with E-state index in [0.717, 1.165) is 10.1 Å². The van der Waals surface area contributed by atoms with Gasteiger partial charge in [0.1, 0.15) is 11.6 Å². The summed E-state index contributed by atoms with van der Waals surface area (Å²) in [6.45, 7) is -1.11. The van der Waals surface area contributed by atoms with Gasteiger partial charge in [0, 0.05) is 6.42 Å². The standard InChI is InChI=1S/C19H17F2N3O2/c1-11(17-23-13-7-3-4-8-14(13)24(17)19(20)21)22-18(25)16-10-12-6-2-5-9-15(12)26-16/h2-9,11,16,19H,10H2,1H3,(H,22,25). The molecule has 0 bridgehead atoms. The molecule has 0 saturated carbocycles. The highest BCUT2D eigenvalue weighted by atomic mass is 19.3. The second-order valence-electron chi connectivity index (χ2n) is 6.25. The number of amides is 1. The average molecular weight is 357 g/mol. The summed E-state index contributed by atoms with van der Waals surface area (Å²) in [5.74, 6) is 0.451. The summed E-state index contributed by atoms with van der Waals surface area (Å²) >= 11 is 0. The smallest absolute Gasteiger partial charge is 0.320 e. The Kier molecular flexibility index (Phi) is 4.06. The third-order valence-corrected chi connectivity index (χ3v) is 4.50. The molecule has 26 heavy (non-hydrogen) atoms. The van der Waals surface area contributed by atoms with Gasteiger partial charge in [0.25, 0.3) is 5.91 Å². The first-order valence-electron chi connectivity index (χ1n) is 8.34. The lowest BCUT2D eigenvalue weighted by Crippen LogP contribution is -2.39. The molecule has 0 spiro atoms. The van der Waals surface area contributed by atoms with Gasteiger partial charge < -0.3 is 10.1 Å². The summed E-state index contributed by atoms with van der Waals surface area (Å²) in [4.78, 5) is 16.8. The molecule has 3 aromatic rings. The van der Waals surface area contributed by atoms with Crippen molar-refractivity contribution in [3.05, 3.63) is 59.9 Å². The Balaban J connectivity index is 1.55. The van der Waals surface area contributed by atoms with Crippen LogP contribution >= 0.6 is 0 Å². The summed E-state index contributed by atoms with van der Waals surface area (Å²) in [5.41, 5.74) is 1.76. The minimum Gasteiger partial charge on any atom is -0.480 e. The summed E-state index contributed by atoms with van der Waals surface area (Å²) in [6.07, 6.45) is -0.209. The molecule has 4 rings (SSSR count). The van der Waals surface area contributed by atoms with E-state index >= 15 is 0 Å². The van der Waals surface area contributed by atoms with Gasteiger partial charge in [0.15, 0.2) is 6.10 Å². The molecule has 0 fully saturated rings. The Bertz CT molecular complexity index is 945. The van der Waals surface area contributed by atoms with Crippen molar-refractivity contribution in [3.63, 3.8) is 0 Å². The lowest BCUT2D eigenvalue weighted by molar-refractivity contribution is -0.128. The maximum atomic E-state index is 13.6. The number of aromatic nitrogens is 2. The fourth-order valence-corrected chi connectivity index (χ4v) is 3.27. The fraction of sp³-hybridized carbons (Fsp3) is 0.263. The number of rotatable bonds is 4. The van der Waals surface area contributed by atoms with Crippen molar-refractivity contribution in [2.75, 3.05) is 0 Å². The van der Waals surface area contributed by atoms with E-state index in [-0.39, 0.29) is 11.7 Å². The number of hydrogen-bond acceptors (Lipinski definition) is 3. The molecule has 2 aromatic carbocycles. The van der Waals surface area contributed by atoms with E-state index < -0.39 is 18.7 Å². The number of benzene rings is 2. The van der Waals surface area contributed by atoms with Gasteiger partial charge in [0.2, 0.25) is 0 Å². The SMILES string of the molecule is CC(NC(=O)C1Cc2ccccc2O1)c1nc2ccccc2n1C(F)F. The highest BCUT2D eigenvalue weighted by Crippen LogP contribution is 2.29. The molecule has 134 valence electrons. The normalized spacial score (nSPS) is 17.2. The van der Waals surface area contributed by atoms with Crippen molar-refractivity contribution < 1.29 is 18.3 Å². The molecule has 1 amide bonds. The summed E-state index contributed by atoms with van der Waals surface area (Å²) in [6, 6.07) is 13.4. The molecule has 0 aliphatic carbocycles. The number of nitrogens with one attached hydrogen (secondary N) is 1. The zero-order valence-electron chi connectivity index (χ0n) is 14.0. The van der Waals surface area contributed by atoms with Crippen molar-refractivity contribution in [1.29, 1.82) is 0 Å². The van der Waals surface area contributed by atoms with Crippen molar-refractivity contribution in [2.24, 2.45) is 0 Å². The lowest BCUT2D eigenvalue weighted by atomic mass is 10.1. The Morgan fingerprint density at radius 1 is 1.23 bits per heavy atom. The summed E-state index contributed by atoms with van der Waals surface area (Å²) in [5, 5.41) is 2.75. The molecule has 1 aliphatic rings. The van der Waals surface area contributed by atoms with Crippen LogP contribution in [0, 0.1) is 0 Å². The molecule has 0 saturated heterocycles. The summed E-state index contributed by atoms with van der Waals surface area (Å²) < 4.78 is 33.6. The number of hydrogen-bond donors (Lipinski definition) is 1. The Morgan fingerprint density at radius 3 is 2.73 bits per heavy atom. The number of ether oxygens (including phenoxy) is 1. The molecule has 7 heteroatoms. The zero-order chi connectivity index (χ0) is 18.3. The average Bonchev–Trinajstić information content (AvgIpc) is 3.23. The maximum absolute atomic E-state index is 13.6. The minimum absolute atomic E-state index is 0.116. The van der Waals surface area contributed by atoms with Crippen LogP contribution in [0.5, 0.6) is 5.75 Å². The van der Waals surface area contributed by atoms with E-state index in [1.807, 2.05) is 24.3 Å². The first-order valence-corrected chi connectivity index (χ1v) is 8.34. The Labute approximate surface area is 148 Å². The van der Waals surface area contributed by atoms with Gasteiger partial charge in [-0.05, 0) is 30.7 Å². The molecule has 2 heterocycles. The fourth-order valence-electron chi connectivity index (χ4n) is 3.27. The van der Waals surface area contributed by atoms with Crippen LogP contribution in [-0.4, -0.2) is 21.6 Å². The number of imidazole rings is 1. The van der Waals surface area contributed by atoms with E-state index in [9.17, 15) is 13.6 Å². The first kappa shape index (κ1) is 16.5. The van der Waals surface area contributed by atoms with Crippen LogP contribution in [0.1, 0.15) is 30.9 Å². The van der Waals surface area contributed by atoms with Gasteiger partial charge in [-0.3, -0.25) is 9.36 Å². The van der Waals surface area contributed by atoms with Crippen LogP contribution in [0.4, 0.5) is 8.78 Å². The number of fused-ring (bicyclic) bond motifs is 2. The molecule has 1 N–H and O–H groups in total. The van der Waals surface area contributed by atoms with Crippen LogP contribution in [0.3, 0.4) is 0 Å². The first-order chi connectivity index (χ1) is 12.5. The number of carbonyl (C=O) groups is 1. The molecule has 2 atom stereocenters. The highest BCUT2D eigenvalue weighted by molar-refractivity contribution is 5.83. The number of halogens is 2. The van der Waals surface area contributed by atoms with E-state index in [1.54, 1.807) is 31.2 Å². The molecular weight excluding hydrogens is 340 g/mol. The monoisotopic (exact) mass is 357 g/mol. The van der Waals surface area contributed by atoms with Crippen molar-refractivity contribution in [1.82, 2.24) is 14.9 Å². The van der Waals surface area contributed by atoms with Gasteiger partial charge in [0.05, 0.1) is 17.1 Å². The third kappa shape index (κ3) is 2.79. The number of alkyl halides is 2. The molecule has 5 nitrogen and oxygen atoms in total. The van der Waals surface area contributed by atoms with Gasteiger partial charge in [-0.2, -0.15) is 8.78 Å². The predicted molar refractivity (Wildman–Crippen MR) is 92.1 cm³/mol. The van der Waals surface area contributed by atoms with Crippen molar-refractivity contribution in [3.8, 4) is 5.75 Å². The van der Waals surface area contributed by atoms with E-state index in [0.29, 0.717) is 23.2 Å². The van der Waals surface area contributed by atoms with Crippen LogP contribution in [0.15, 0.2) is 48.5 Å². The minimum atomic E-state index is -2.75. The van der Waals surface area contributed by atoms with Gasteiger partial charge >= 0.3 is 6.55 Å². The predicted octanol–water partition coefficient (Wildman–Crippen LogP) is 3.61. The van der Waals surface area contributed by atoms with Crippen LogP contribution in [0.2, 0.25) is 0 Å². The second kappa shape index (κ2) is 6.40. The number of para-hydroxylation sites is 3. The molecule has 1 aromatic heterocycles. The highest BCUT2D eigenvalue weighted by Gasteiger charge is 2.31. The van der Waals surface area contributed by atoms with Crippen LogP contribution in [0.25, 0.3) is 11.0 Å². The van der Waals surface area contributed by atoms with Crippen LogP contribution < -0.4 is 10.1 Å². The van der Waals surface area contributed by atoms with E-state index in [1.165, 1.54) is 0 Å². The third-order valence-electron chi connectivity index (χ3n) is 4.50. The number of carbonyl (C=O) groups excluding carboxylic acids is 1. The largest absolute Gasteiger partial charge is 0.480 e. The molecule has 0 radical (unpaired) electrons. The Morgan fingerprint density at radius 2 is 1.96 bits per heavy atom. The van der Waals surface area contributed by atoms with Gasteiger partial charge in [-0.15, -0.1) is 0 Å².